The first kappa shape index (κ1) is 15.3. The molecular weight excluding hydrogens is 314 g/mol. The van der Waals surface area contributed by atoms with E-state index >= 15 is 0 Å². The third-order valence-electron chi connectivity index (χ3n) is 3.29. The van der Waals surface area contributed by atoms with E-state index in [0.717, 1.165) is 17.6 Å². The lowest BCUT2D eigenvalue weighted by atomic mass is 10.1. The summed E-state index contributed by atoms with van der Waals surface area (Å²) in [5.74, 6) is 0. The number of hydrogen-bond donors (Lipinski definition) is 1. The van der Waals surface area contributed by atoms with Gasteiger partial charge in [0.15, 0.2) is 0 Å². The average molecular weight is 336 g/mol. The van der Waals surface area contributed by atoms with Gasteiger partial charge in [0.05, 0.1) is 12.7 Å². The Balaban J connectivity index is 2.11. The maximum absolute atomic E-state index is 4.51. The molecule has 3 nitrogen and oxygen atoms in total. The average Bonchev–Trinajstić information content (AvgIpc) is 2.70. The van der Waals surface area contributed by atoms with Crippen LogP contribution >= 0.6 is 15.9 Å². The molecule has 0 amide bonds. The van der Waals surface area contributed by atoms with Gasteiger partial charge in [-0.05, 0) is 39.3 Å². The number of nitrogens with zero attached hydrogens (tertiary/aromatic N) is 2. The van der Waals surface area contributed by atoms with Crippen LogP contribution in [0.25, 0.3) is 0 Å². The Kier molecular flexibility index (Phi) is 4.66. The van der Waals surface area contributed by atoms with E-state index in [1.807, 2.05) is 12.3 Å². The third kappa shape index (κ3) is 3.93. The minimum atomic E-state index is 0.122. The van der Waals surface area contributed by atoms with Crippen molar-refractivity contribution in [2.75, 3.05) is 0 Å². The van der Waals surface area contributed by atoms with Gasteiger partial charge in [0, 0.05) is 27.8 Å². The summed E-state index contributed by atoms with van der Waals surface area (Å²) in [5, 5.41) is 8.01. The highest BCUT2D eigenvalue weighted by Gasteiger charge is 2.12. The first-order valence-electron chi connectivity index (χ1n) is 6.86. The molecule has 0 aliphatic heterocycles. The number of rotatable bonds is 4. The van der Waals surface area contributed by atoms with E-state index in [4.69, 9.17) is 0 Å². The molecule has 1 heterocycles. The standard InChI is InChI=1S/C16H22BrN3/c1-12-14(9-18-16(2,3)4)10-19-20(12)11-13-7-5-6-8-15(13)17/h5-8,10,18H,9,11H2,1-4H3. The molecule has 0 saturated carbocycles. The summed E-state index contributed by atoms with van der Waals surface area (Å²) in [6.07, 6.45) is 1.96. The zero-order valence-corrected chi connectivity index (χ0v) is 14.2. The molecule has 1 aromatic carbocycles. The van der Waals surface area contributed by atoms with Crippen molar-refractivity contribution >= 4 is 15.9 Å². The Morgan fingerprint density at radius 1 is 1.20 bits per heavy atom. The summed E-state index contributed by atoms with van der Waals surface area (Å²) < 4.78 is 3.18. The first-order chi connectivity index (χ1) is 9.37. The molecule has 0 fully saturated rings. The predicted octanol–water partition coefficient (Wildman–Crippen LogP) is 3.89. The van der Waals surface area contributed by atoms with Gasteiger partial charge in [-0.1, -0.05) is 34.1 Å². The molecule has 1 aromatic heterocycles. The summed E-state index contributed by atoms with van der Waals surface area (Å²) in [5.41, 5.74) is 3.84. The highest BCUT2D eigenvalue weighted by atomic mass is 79.9. The van der Waals surface area contributed by atoms with Crippen molar-refractivity contribution in [3.05, 3.63) is 51.8 Å². The molecule has 0 aliphatic carbocycles. The number of aromatic nitrogens is 2. The molecule has 4 heteroatoms. The Morgan fingerprint density at radius 2 is 1.90 bits per heavy atom. The van der Waals surface area contributed by atoms with Crippen molar-refractivity contribution in [2.45, 2.75) is 46.3 Å². The lowest BCUT2D eigenvalue weighted by Gasteiger charge is -2.20. The second-order valence-electron chi connectivity index (χ2n) is 6.11. The van der Waals surface area contributed by atoms with Gasteiger partial charge in [-0.2, -0.15) is 5.10 Å². The molecule has 1 N–H and O–H groups in total. The Bertz CT molecular complexity index is 582. The molecule has 0 saturated heterocycles. The van der Waals surface area contributed by atoms with Gasteiger partial charge in [-0.3, -0.25) is 4.68 Å². The van der Waals surface area contributed by atoms with E-state index in [2.05, 4.69) is 76.9 Å². The van der Waals surface area contributed by atoms with Crippen molar-refractivity contribution < 1.29 is 0 Å². The fourth-order valence-electron chi connectivity index (χ4n) is 1.97. The van der Waals surface area contributed by atoms with Crippen LogP contribution in [0.3, 0.4) is 0 Å². The molecule has 2 rings (SSSR count). The quantitative estimate of drug-likeness (QED) is 0.918. The fourth-order valence-corrected chi connectivity index (χ4v) is 2.38. The molecule has 0 spiro atoms. The minimum absolute atomic E-state index is 0.122. The zero-order chi connectivity index (χ0) is 14.8. The SMILES string of the molecule is Cc1c(CNC(C)(C)C)cnn1Cc1ccccc1Br. The molecule has 0 bridgehead atoms. The van der Waals surface area contributed by atoms with E-state index in [-0.39, 0.29) is 5.54 Å². The first-order valence-corrected chi connectivity index (χ1v) is 7.66. The topological polar surface area (TPSA) is 29.9 Å². The van der Waals surface area contributed by atoms with Gasteiger partial charge in [0.2, 0.25) is 0 Å². The van der Waals surface area contributed by atoms with Gasteiger partial charge in [0.25, 0.3) is 0 Å². The van der Waals surface area contributed by atoms with E-state index in [0.29, 0.717) is 0 Å². The van der Waals surface area contributed by atoms with Crippen molar-refractivity contribution in [3.63, 3.8) is 0 Å². The van der Waals surface area contributed by atoms with Gasteiger partial charge < -0.3 is 5.32 Å². The summed E-state index contributed by atoms with van der Waals surface area (Å²) in [7, 11) is 0. The van der Waals surface area contributed by atoms with E-state index in [1.165, 1.54) is 16.8 Å². The number of benzene rings is 1. The molecule has 20 heavy (non-hydrogen) atoms. The second kappa shape index (κ2) is 6.10. The van der Waals surface area contributed by atoms with E-state index in [9.17, 15) is 0 Å². The maximum Gasteiger partial charge on any atom is 0.0673 e. The van der Waals surface area contributed by atoms with Crippen LogP contribution in [0, 0.1) is 6.92 Å². The summed E-state index contributed by atoms with van der Waals surface area (Å²) in [4.78, 5) is 0. The lowest BCUT2D eigenvalue weighted by Crippen LogP contribution is -2.35. The summed E-state index contributed by atoms with van der Waals surface area (Å²) in [6.45, 7) is 10.3. The highest BCUT2D eigenvalue weighted by Crippen LogP contribution is 2.18. The minimum Gasteiger partial charge on any atom is -0.308 e. The molecule has 2 aromatic rings. The smallest absolute Gasteiger partial charge is 0.0673 e. The second-order valence-corrected chi connectivity index (χ2v) is 6.96. The maximum atomic E-state index is 4.51. The molecule has 0 radical (unpaired) electrons. The Hall–Kier alpha value is -1.13. The van der Waals surface area contributed by atoms with Gasteiger partial charge >= 0.3 is 0 Å². The van der Waals surface area contributed by atoms with Gasteiger partial charge in [0.1, 0.15) is 0 Å². The van der Waals surface area contributed by atoms with Crippen LogP contribution in [0.5, 0.6) is 0 Å². The van der Waals surface area contributed by atoms with Crippen LogP contribution in [-0.2, 0) is 13.1 Å². The molecule has 108 valence electrons. The van der Waals surface area contributed by atoms with Gasteiger partial charge in [-0.25, -0.2) is 0 Å². The molecular formula is C16H22BrN3. The van der Waals surface area contributed by atoms with Crippen LogP contribution in [0.2, 0.25) is 0 Å². The van der Waals surface area contributed by atoms with Crippen LogP contribution in [-0.4, -0.2) is 15.3 Å². The highest BCUT2D eigenvalue weighted by molar-refractivity contribution is 9.10. The third-order valence-corrected chi connectivity index (χ3v) is 4.07. The largest absolute Gasteiger partial charge is 0.308 e. The number of nitrogens with one attached hydrogen (secondary N) is 1. The number of hydrogen-bond acceptors (Lipinski definition) is 2. The van der Waals surface area contributed by atoms with E-state index < -0.39 is 0 Å². The van der Waals surface area contributed by atoms with Crippen LogP contribution in [0.4, 0.5) is 0 Å². The lowest BCUT2D eigenvalue weighted by molar-refractivity contribution is 0.423. The summed E-state index contributed by atoms with van der Waals surface area (Å²) in [6, 6.07) is 8.28. The Labute approximate surface area is 129 Å². The Morgan fingerprint density at radius 3 is 2.55 bits per heavy atom. The summed E-state index contributed by atoms with van der Waals surface area (Å²) >= 11 is 3.59. The molecule has 0 aliphatic rings. The van der Waals surface area contributed by atoms with Crippen molar-refractivity contribution in [3.8, 4) is 0 Å². The molecule has 0 unspecified atom stereocenters. The van der Waals surface area contributed by atoms with Crippen LogP contribution in [0.15, 0.2) is 34.9 Å². The van der Waals surface area contributed by atoms with Crippen molar-refractivity contribution in [1.82, 2.24) is 15.1 Å². The molecule has 0 atom stereocenters. The normalized spacial score (nSPS) is 11.8. The van der Waals surface area contributed by atoms with Crippen molar-refractivity contribution in [1.29, 1.82) is 0 Å². The monoisotopic (exact) mass is 335 g/mol. The predicted molar refractivity (Wildman–Crippen MR) is 86.8 cm³/mol. The zero-order valence-electron chi connectivity index (χ0n) is 12.6. The van der Waals surface area contributed by atoms with Crippen LogP contribution in [0.1, 0.15) is 37.6 Å². The van der Waals surface area contributed by atoms with Crippen LogP contribution < -0.4 is 5.32 Å². The fraction of sp³-hybridized carbons (Fsp3) is 0.438. The number of halogens is 1. The van der Waals surface area contributed by atoms with Gasteiger partial charge in [-0.15, -0.1) is 0 Å². The van der Waals surface area contributed by atoms with Crippen molar-refractivity contribution in [2.24, 2.45) is 0 Å². The van der Waals surface area contributed by atoms with E-state index in [1.54, 1.807) is 0 Å².